The molecule has 3 heterocycles. The lowest BCUT2D eigenvalue weighted by atomic mass is 9.96. The summed E-state index contributed by atoms with van der Waals surface area (Å²) in [6.07, 6.45) is 18.6. The number of carbonyl (C=O) groups excluding carboxylic acids is 1. The minimum atomic E-state index is -1.97. The summed E-state index contributed by atoms with van der Waals surface area (Å²) in [5, 5.41) is 119. The van der Waals surface area contributed by atoms with Crippen LogP contribution in [0, 0.1) is 0 Å². The zero-order valence-electron chi connectivity index (χ0n) is 47.7. The van der Waals surface area contributed by atoms with Gasteiger partial charge >= 0.3 is 0 Å². The van der Waals surface area contributed by atoms with Crippen molar-refractivity contribution in [3.8, 4) is 0 Å². The molecular formula is C59H109NO18. The van der Waals surface area contributed by atoms with E-state index >= 15 is 0 Å². The third-order valence-electron chi connectivity index (χ3n) is 15.5. The number of unbranched alkanes of at least 4 members (excludes halogenated alkanes) is 27. The fourth-order valence-corrected chi connectivity index (χ4v) is 10.4. The van der Waals surface area contributed by atoms with Crippen molar-refractivity contribution in [3.63, 3.8) is 0 Å². The van der Waals surface area contributed by atoms with E-state index in [9.17, 15) is 61.0 Å². The van der Waals surface area contributed by atoms with Gasteiger partial charge in [0.1, 0.15) is 73.2 Å². The first-order valence-corrected chi connectivity index (χ1v) is 30.6. The molecule has 19 nitrogen and oxygen atoms in total. The molecule has 0 aromatic rings. The fourth-order valence-electron chi connectivity index (χ4n) is 10.4. The van der Waals surface area contributed by atoms with E-state index in [0.29, 0.717) is 12.8 Å². The summed E-state index contributed by atoms with van der Waals surface area (Å²) >= 11 is 0. The molecule has 0 aliphatic carbocycles. The molecule has 0 radical (unpaired) electrons. The summed E-state index contributed by atoms with van der Waals surface area (Å²) in [5.74, 6) is -0.283. The number of carbonyl (C=O) groups is 1. The summed E-state index contributed by atoms with van der Waals surface area (Å²) < 4.78 is 34.0. The smallest absolute Gasteiger partial charge is 0.220 e. The third-order valence-corrected chi connectivity index (χ3v) is 15.5. The number of allylic oxidation sites excluding steroid dienone is 3. The van der Waals surface area contributed by atoms with Crippen LogP contribution in [-0.4, -0.2) is 193 Å². The minimum Gasteiger partial charge on any atom is -0.394 e. The van der Waals surface area contributed by atoms with Crippen LogP contribution in [0.25, 0.3) is 0 Å². The molecule has 0 aromatic carbocycles. The molecule has 78 heavy (non-hydrogen) atoms. The van der Waals surface area contributed by atoms with Gasteiger partial charge in [-0.05, 0) is 38.5 Å². The number of aliphatic hydroxyl groups is 11. The van der Waals surface area contributed by atoms with Crippen LogP contribution in [0.15, 0.2) is 24.3 Å². The van der Waals surface area contributed by atoms with E-state index in [1.54, 1.807) is 6.08 Å². The van der Waals surface area contributed by atoms with Gasteiger partial charge in [-0.2, -0.15) is 0 Å². The first kappa shape index (κ1) is 70.5. The Labute approximate surface area is 467 Å². The Morgan fingerprint density at radius 1 is 0.449 bits per heavy atom. The molecule has 3 fully saturated rings. The van der Waals surface area contributed by atoms with Crippen LogP contribution in [0.5, 0.6) is 0 Å². The van der Waals surface area contributed by atoms with Crippen molar-refractivity contribution in [2.24, 2.45) is 0 Å². The Kier molecular flexibility index (Phi) is 38.9. The summed E-state index contributed by atoms with van der Waals surface area (Å²) in [6, 6.07) is -0.965. The maximum absolute atomic E-state index is 13.2. The van der Waals surface area contributed by atoms with Crippen molar-refractivity contribution in [1.82, 2.24) is 5.32 Å². The number of rotatable bonds is 45. The number of hydrogen-bond acceptors (Lipinski definition) is 18. The molecule has 19 heteroatoms. The lowest BCUT2D eigenvalue weighted by Gasteiger charge is -2.48. The molecule has 17 unspecified atom stereocenters. The van der Waals surface area contributed by atoms with E-state index in [1.807, 2.05) is 13.0 Å². The topological polar surface area (TPSA) is 307 Å². The summed E-state index contributed by atoms with van der Waals surface area (Å²) in [4.78, 5) is 13.2. The Balaban J connectivity index is 1.30. The van der Waals surface area contributed by atoms with Crippen molar-refractivity contribution >= 4 is 5.91 Å². The van der Waals surface area contributed by atoms with Crippen molar-refractivity contribution in [1.29, 1.82) is 0 Å². The number of nitrogens with one attached hydrogen (secondary N) is 1. The summed E-state index contributed by atoms with van der Waals surface area (Å²) in [7, 11) is 0. The Morgan fingerprint density at radius 2 is 0.821 bits per heavy atom. The Morgan fingerprint density at radius 3 is 1.27 bits per heavy atom. The zero-order valence-corrected chi connectivity index (χ0v) is 47.7. The molecule has 0 saturated carbocycles. The lowest BCUT2D eigenvalue weighted by Crippen LogP contribution is -2.66. The highest BCUT2D eigenvalue weighted by Crippen LogP contribution is 2.33. The fraction of sp³-hybridized carbons (Fsp3) is 0.915. The van der Waals surface area contributed by atoms with Crippen LogP contribution < -0.4 is 5.32 Å². The van der Waals surface area contributed by atoms with Gasteiger partial charge in [0, 0.05) is 6.42 Å². The molecule has 0 bridgehead atoms. The maximum Gasteiger partial charge on any atom is 0.220 e. The highest BCUT2D eigenvalue weighted by molar-refractivity contribution is 5.76. The number of amides is 1. The van der Waals surface area contributed by atoms with Gasteiger partial charge in [-0.15, -0.1) is 0 Å². The first-order valence-electron chi connectivity index (χ1n) is 30.6. The molecule has 12 N–H and O–H groups in total. The van der Waals surface area contributed by atoms with Crippen LogP contribution >= 0.6 is 0 Å². The zero-order chi connectivity index (χ0) is 56.9. The number of ether oxygens (including phenoxy) is 6. The predicted octanol–water partition coefficient (Wildman–Crippen LogP) is 5.54. The molecule has 0 aromatic heterocycles. The van der Waals surface area contributed by atoms with Crippen molar-refractivity contribution in [3.05, 3.63) is 24.3 Å². The molecule has 1 amide bonds. The standard InChI is InChI=1S/C59H109NO18/c1-3-5-7-9-10-11-12-13-14-15-16-17-18-19-20-21-22-23-24-25-26-27-28-29-30-31-32-33-35-37-47(65)60-42(43(64)36-34-8-6-4-2)41-73-57-53(71)50(68)55(45(39-62)75-57)78-59-54(72)51(69)56(46(40-63)76-59)77-58-52(70)49(67)48(66)44(38-61)74-58/h15-16,34,36,42-46,48-59,61-64,66-72H,3-14,17-33,35,37-41H2,1-2H3,(H,60,65)/b16-15-,36-34+. The molecule has 458 valence electrons. The van der Waals surface area contributed by atoms with Gasteiger partial charge in [0.25, 0.3) is 0 Å². The van der Waals surface area contributed by atoms with Gasteiger partial charge in [-0.1, -0.05) is 192 Å². The van der Waals surface area contributed by atoms with Crippen LogP contribution in [-0.2, 0) is 33.2 Å². The molecule has 17 atom stereocenters. The molecule has 0 spiro atoms. The van der Waals surface area contributed by atoms with Crippen LogP contribution in [0.3, 0.4) is 0 Å². The molecule has 3 rings (SSSR count). The maximum atomic E-state index is 13.2. The average molecular weight is 1120 g/mol. The molecular weight excluding hydrogens is 1010 g/mol. The van der Waals surface area contributed by atoms with Gasteiger partial charge < -0.3 is 89.9 Å². The van der Waals surface area contributed by atoms with E-state index in [4.69, 9.17) is 28.4 Å². The van der Waals surface area contributed by atoms with Crippen molar-refractivity contribution in [2.45, 2.75) is 317 Å². The summed E-state index contributed by atoms with van der Waals surface area (Å²) in [6.45, 7) is 1.55. The quantitative estimate of drug-likeness (QED) is 0.0263. The van der Waals surface area contributed by atoms with Gasteiger partial charge in [-0.3, -0.25) is 4.79 Å². The van der Waals surface area contributed by atoms with E-state index < -0.39 is 124 Å². The number of aliphatic hydroxyl groups excluding tert-OH is 11. The second-order valence-corrected chi connectivity index (χ2v) is 22.2. The van der Waals surface area contributed by atoms with Crippen LogP contribution in [0.4, 0.5) is 0 Å². The van der Waals surface area contributed by atoms with Crippen molar-refractivity contribution < 1.29 is 89.4 Å². The number of hydrogen-bond donors (Lipinski definition) is 12. The predicted molar refractivity (Wildman–Crippen MR) is 296 cm³/mol. The third kappa shape index (κ3) is 26.7. The van der Waals surface area contributed by atoms with Crippen molar-refractivity contribution in [2.75, 3.05) is 26.4 Å². The van der Waals surface area contributed by atoms with Gasteiger partial charge in [0.2, 0.25) is 5.91 Å². The molecule has 3 saturated heterocycles. The largest absolute Gasteiger partial charge is 0.394 e. The highest BCUT2D eigenvalue weighted by Gasteiger charge is 2.53. The summed E-state index contributed by atoms with van der Waals surface area (Å²) in [5.41, 5.74) is 0. The highest BCUT2D eigenvalue weighted by atomic mass is 16.8. The monoisotopic (exact) mass is 1120 g/mol. The van der Waals surface area contributed by atoms with Gasteiger partial charge in [0.05, 0.1) is 38.6 Å². The Hall–Kier alpha value is -1.73. The van der Waals surface area contributed by atoms with E-state index in [1.165, 1.54) is 148 Å². The average Bonchev–Trinajstić information content (AvgIpc) is 3.44. The van der Waals surface area contributed by atoms with Crippen LogP contribution in [0.2, 0.25) is 0 Å². The van der Waals surface area contributed by atoms with Gasteiger partial charge in [0.15, 0.2) is 18.9 Å². The van der Waals surface area contributed by atoms with E-state index in [0.717, 1.165) is 32.1 Å². The lowest BCUT2D eigenvalue weighted by molar-refractivity contribution is -0.379. The van der Waals surface area contributed by atoms with Gasteiger partial charge in [-0.25, -0.2) is 0 Å². The second kappa shape index (κ2) is 43.0. The van der Waals surface area contributed by atoms with Crippen LogP contribution in [0.1, 0.15) is 213 Å². The first-order chi connectivity index (χ1) is 37.8. The van der Waals surface area contributed by atoms with E-state index in [2.05, 4.69) is 24.4 Å². The second-order valence-electron chi connectivity index (χ2n) is 22.2. The van der Waals surface area contributed by atoms with E-state index in [-0.39, 0.29) is 18.9 Å². The normalized spacial score (nSPS) is 30.6. The molecule has 3 aliphatic rings. The Bertz CT molecular complexity index is 1530. The minimum absolute atomic E-state index is 0.244. The SMILES string of the molecule is CCCC/C=C/C(O)C(COC1OC(CO)C(OC2OC(CO)C(OC3OC(CO)C(O)C(O)C3O)C(O)C2O)C(O)C1O)NC(=O)CCCCCCCCCCCCCCCCCCC/C=C\CCCCCCCCCC. The molecule has 3 aliphatic heterocycles.